The van der Waals surface area contributed by atoms with Gasteiger partial charge in [-0.05, 0) is 92.2 Å². The van der Waals surface area contributed by atoms with E-state index in [1.54, 1.807) is 46.9 Å². The van der Waals surface area contributed by atoms with Crippen molar-refractivity contribution in [1.82, 2.24) is 10.2 Å². The van der Waals surface area contributed by atoms with Crippen molar-refractivity contribution in [3.05, 3.63) is 48.2 Å². The number of Topliss-reactive ketones (excluding diaryl/α,β-unsaturated/α-hetero) is 1. The van der Waals surface area contributed by atoms with Crippen molar-refractivity contribution < 1.29 is 72.8 Å². The van der Waals surface area contributed by atoms with E-state index in [1.807, 2.05) is 56.3 Å². The first-order chi connectivity index (χ1) is 30.8. The van der Waals surface area contributed by atoms with Gasteiger partial charge in [0.25, 0.3) is 0 Å². The number of methoxy groups -OCH3 is 1. The number of aliphatic hydroxyl groups excluding tert-OH is 3. The van der Waals surface area contributed by atoms with Gasteiger partial charge in [0.2, 0.25) is 5.91 Å². The highest BCUT2D eigenvalue weighted by Crippen LogP contribution is 2.41. The third-order valence-electron chi connectivity index (χ3n) is 14.3. The van der Waals surface area contributed by atoms with E-state index < -0.39 is 108 Å². The molecule has 0 spiro atoms. The molecule has 1 amide bonds. The van der Waals surface area contributed by atoms with Crippen LogP contribution in [0.3, 0.4) is 0 Å². The molecule has 6 N–H and O–H groups in total. The second kappa shape index (κ2) is 22.0. The lowest BCUT2D eigenvalue weighted by Crippen LogP contribution is -2.61. The summed E-state index contributed by atoms with van der Waals surface area (Å²) in [6, 6.07) is 10.6. The van der Waals surface area contributed by atoms with Gasteiger partial charge in [0.15, 0.2) is 12.6 Å². The van der Waals surface area contributed by atoms with Gasteiger partial charge < -0.3 is 68.6 Å². The van der Waals surface area contributed by atoms with E-state index in [9.17, 15) is 39.9 Å². The zero-order chi connectivity index (χ0) is 49.1. The van der Waals surface area contributed by atoms with E-state index in [4.69, 9.17) is 32.8 Å². The molecular formula is C49H76N2O15. The Labute approximate surface area is 389 Å². The lowest BCUT2D eigenvalue weighted by Gasteiger charge is -2.49. The van der Waals surface area contributed by atoms with Crippen LogP contribution in [0.2, 0.25) is 0 Å². The highest BCUT2D eigenvalue weighted by Gasteiger charge is 2.53. The van der Waals surface area contributed by atoms with Gasteiger partial charge in [-0.3, -0.25) is 14.4 Å². The molecule has 3 fully saturated rings. The maximum atomic E-state index is 14.7. The number of rotatable bonds is 12. The number of carbonyl (C=O) groups excluding carboxylic acids is 3. The van der Waals surface area contributed by atoms with E-state index in [0.29, 0.717) is 12.2 Å². The smallest absolute Gasteiger partial charge is 0.311 e. The lowest BCUT2D eigenvalue weighted by molar-refractivity contribution is -0.318. The van der Waals surface area contributed by atoms with Gasteiger partial charge in [-0.1, -0.05) is 39.0 Å². The first kappa shape index (κ1) is 53.6. The predicted octanol–water partition coefficient (Wildman–Crippen LogP) is 3.38. The molecule has 2 aromatic rings. The van der Waals surface area contributed by atoms with E-state index in [0.717, 1.165) is 11.1 Å². The summed E-state index contributed by atoms with van der Waals surface area (Å²) >= 11 is 0. The molecule has 3 saturated heterocycles. The number of ether oxygens (including phenoxy) is 6. The number of nitrogens with one attached hydrogen (secondary N) is 1. The molecule has 17 nitrogen and oxygen atoms in total. The first-order valence-electron chi connectivity index (χ1n) is 23.3. The van der Waals surface area contributed by atoms with Gasteiger partial charge in [-0.15, -0.1) is 0 Å². The molecule has 4 heterocycles. The van der Waals surface area contributed by atoms with Crippen molar-refractivity contribution in [3.8, 4) is 11.3 Å². The summed E-state index contributed by atoms with van der Waals surface area (Å²) < 4.78 is 43.2. The molecule has 3 aliphatic rings. The second-order valence-electron chi connectivity index (χ2n) is 20.1. The molecule has 5 rings (SSSR count). The average molecular weight is 933 g/mol. The standard InChI is InChI=1S/C49H76N2O15/c1-26-24-47(7,58)44(66-46-40(54)34(51(10)11)21-27(2)62-46)29(4)41(65-38-25-48(8,60-12)43(56)31(6)63-38)30(5)45(57)64-36(49(9,59)42(55)28(3)39(26)53)18-19-50-37(52)23-32-15-13-16-33(22-32)35-17-14-20-61-35/h13-17,20,22,26-31,34,36,38,40-44,46,54-56,58-59H,18-19,21,23-25H2,1-12H3,(H,50,52)/t26-,27?,28+,29+,30-,31?,34?,36-,38?,40?,41+,42-,43?,44-,46?,47-,48?,49-/m1/s1. The van der Waals surface area contributed by atoms with Gasteiger partial charge >= 0.3 is 5.97 Å². The molecule has 0 aliphatic carbocycles. The third-order valence-corrected chi connectivity index (χ3v) is 14.3. The summed E-state index contributed by atoms with van der Waals surface area (Å²) in [6.45, 7) is 14.3. The van der Waals surface area contributed by atoms with Crippen LogP contribution in [0.5, 0.6) is 0 Å². The maximum absolute atomic E-state index is 14.7. The summed E-state index contributed by atoms with van der Waals surface area (Å²) in [5.41, 5.74) is -3.69. The first-order valence-corrected chi connectivity index (χ1v) is 23.3. The number of hydrogen-bond acceptors (Lipinski definition) is 16. The number of furan rings is 1. The van der Waals surface area contributed by atoms with E-state index in [-0.39, 0.29) is 50.3 Å². The minimum Gasteiger partial charge on any atom is -0.464 e. The largest absolute Gasteiger partial charge is 0.464 e. The number of nitrogens with zero attached hydrogens (tertiary/aromatic N) is 1. The van der Waals surface area contributed by atoms with Gasteiger partial charge in [-0.25, -0.2) is 0 Å². The minimum absolute atomic E-state index is 0.0149. The number of aliphatic hydroxyl groups is 5. The van der Waals surface area contributed by atoms with Crippen molar-refractivity contribution in [1.29, 1.82) is 0 Å². The van der Waals surface area contributed by atoms with Crippen LogP contribution >= 0.6 is 0 Å². The number of likely N-dealkylation sites (N-methyl/N-ethyl adjacent to an activating group) is 1. The number of ketones is 1. The fourth-order valence-corrected chi connectivity index (χ4v) is 10.1. The Bertz CT molecular complexity index is 1910. The Morgan fingerprint density at radius 1 is 0.909 bits per heavy atom. The number of amides is 1. The Morgan fingerprint density at radius 3 is 2.24 bits per heavy atom. The number of carbonyl (C=O) groups is 3. The van der Waals surface area contributed by atoms with Crippen LogP contribution in [0.4, 0.5) is 0 Å². The zero-order valence-electron chi connectivity index (χ0n) is 40.7. The Kier molecular flexibility index (Phi) is 17.8. The van der Waals surface area contributed by atoms with E-state index in [1.165, 1.54) is 27.9 Å². The van der Waals surface area contributed by atoms with Crippen molar-refractivity contribution in [2.45, 2.75) is 179 Å². The van der Waals surface area contributed by atoms with Crippen molar-refractivity contribution in [3.63, 3.8) is 0 Å². The molecule has 3 aliphatic heterocycles. The maximum Gasteiger partial charge on any atom is 0.311 e. The number of hydrogen-bond donors (Lipinski definition) is 6. The SMILES string of the molecule is COC1(C)CC(O[C@H]2[C@H](C)[C@@H](OC3OC(C)CC(N(C)C)C3O)[C@](C)(O)C[C@@H](C)C(=O)[C@H](C)[C@@H](O)[C@](C)(O)[C@@H](CCNC(=O)Cc3cccc(-c4ccco4)c3)OC(=O)[C@@H]2C)OC(C)C1O. The van der Waals surface area contributed by atoms with Crippen LogP contribution in [0.25, 0.3) is 11.3 Å². The fraction of sp³-hybridized carbons (Fsp3) is 0.735. The van der Waals surface area contributed by atoms with Gasteiger partial charge in [0.1, 0.15) is 35.5 Å². The molecule has 66 heavy (non-hydrogen) atoms. The molecule has 18 atom stereocenters. The van der Waals surface area contributed by atoms with Gasteiger partial charge in [-0.2, -0.15) is 0 Å². The van der Waals surface area contributed by atoms with Crippen LogP contribution < -0.4 is 5.32 Å². The molecule has 0 radical (unpaired) electrons. The molecular weight excluding hydrogens is 857 g/mol. The second-order valence-corrected chi connectivity index (χ2v) is 20.1. The molecule has 0 bridgehead atoms. The van der Waals surface area contributed by atoms with Crippen LogP contribution in [-0.2, 0) is 49.2 Å². The highest BCUT2D eigenvalue weighted by molar-refractivity contribution is 5.83. The van der Waals surface area contributed by atoms with Crippen molar-refractivity contribution >= 4 is 17.7 Å². The van der Waals surface area contributed by atoms with E-state index >= 15 is 0 Å². The number of cyclic esters (lactones) is 1. The summed E-state index contributed by atoms with van der Waals surface area (Å²) in [6.07, 6.45) is -9.57. The Morgan fingerprint density at radius 2 is 1.61 bits per heavy atom. The molecule has 0 saturated carbocycles. The summed E-state index contributed by atoms with van der Waals surface area (Å²) in [7, 11) is 5.13. The van der Waals surface area contributed by atoms with Crippen LogP contribution in [0.1, 0.15) is 93.6 Å². The highest BCUT2D eigenvalue weighted by atomic mass is 16.7. The number of esters is 1. The van der Waals surface area contributed by atoms with E-state index in [2.05, 4.69) is 5.32 Å². The average Bonchev–Trinajstić information content (AvgIpc) is 3.81. The topological polar surface area (TPSA) is 236 Å². The minimum atomic E-state index is -2.22. The Hall–Kier alpha value is -3.33. The summed E-state index contributed by atoms with van der Waals surface area (Å²) in [5.74, 6) is -5.32. The van der Waals surface area contributed by atoms with Gasteiger partial charge in [0.05, 0.1) is 60.3 Å². The van der Waals surface area contributed by atoms with Crippen LogP contribution in [-0.4, -0.2) is 160 Å². The Balaban J connectivity index is 1.50. The summed E-state index contributed by atoms with van der Waals surface area (Å²) in [5, 5.41) is 62.1. The molecule has 17 heteroatoms. The quantitative estimate of drug-likeness (QED) is 0.167. The van der Waals surface area contributed by atoms with Gasteiger partial charge in [0, 0.05) is 55.9 Å². The summed E-state index contributed by atoms with van der Waals surface area (Å²) in [4.78, 5) is 44.1. The fourth-order valence-electron chi connectivity index (χ4n) is 10.1. The number of benzene rings is 1. The van der Waals surface area contributed by atoms with Crippen molar-refractivity contribution in [2.24, 2.45) is 23.7 Å². The predicted molar refractivity (Wildman–Crippen MR) is 241 cm³/mol. The molecule has 1 aromatic carbocycles. The zero-order valence-corrected chi connectivity index (χ0v) is 40.7. The van der Waals surface area contributed by atoms with Crippen molar-refractivity contribution in [2.75, 3.05) is 27.7 Å². The molecule has 372 valence electrons. The normalized spacial score (nSPS) is 41.0. The monoisotopic (exact) mass is 933 g/mol. The third kappa shape index (κ3) is 12.3. The van der Waals surface area contributed by atoms with Crippen LogP contribution in [0.15, 0.2) is 47.1 Å². The van der Waals surface area contributed by atoms with Crippen LogP contribution in [0, 0.1) is 23.7 Å². The molecule has 1 aromatic heterocycles. The lowest BCUT2D eigenvalue weighted by atomic mass is 9.74. The molecule has 8 unspecified atom stereocenters.